The van der Waals surface area contributed by atoms with Crippen molar-refractivity contribution in [1.82, 2.24) is 4.98 Å². The van der Waals surface area contributed by atoms with Gasteiger partial charge in [0.2, 0.25) is 5.88 Å². The van der Waals surface area contributed by atoms with E-state index >= 15 is 0 Å². The van der Waals surface area contributed by atoms with E-state index in [9.17, 15) is 0 Å². The van der Waals surface area contributed by atoms with Crippen molar-refractivity contribution in [3.8, 4) is 5.88 Å². The van der Waals surface area contributed by atoms with Crippen molar-refractivity contribution in [2.45, 2.75) is 33.1 Å². The van der Waals surface area contributed by atoms with Crippen molar-refractivity contribution in [2.24, 2.45) is 0 Å². The smallest absolute Gasteiger partial charge is 0.214 e. The molecule has 1 rings (SSSR count). The van der Waals surface area contributed by atoms with Gasteiger partial charge in [-0.25, -0.2) is 4.98 Å². The minimum atomic E-state index is 0.0226. The molecule has 1 aromatic rings. The topological polar surface area (TPSA) is 22.1 Å². The second kappa shape index (κ2) is 4.18. The average molecular weight is 214 g/mol. The first-order valence-corrected chi connectivity index (χ1v) is 5.12. The van der Waals surface area contributed by atoms with Crippen LogP contribution in [-0.2, 0) is 5.41 Å². The Morgan fingerprint density at radius 1 is 1.36 bits per heavy atom. The number of nitrogens with zero attached hydrogens (tertiary/aromatic N) is 1. The summed E-state index contributed by atoms with van der Waals surface area (Å²) in [5, 5.41) is 0.531. The third-order valence-corrected chi connectivity index (χ3v) is 2.21. The second-order valence-corrected chi connectivity index (χ2v) is 4.53. The SMILES string of the molecule is CCOc1ccc(C(C)(C)C)c(Cl)n1. The Labute approximate surface area is 90.3 Å². The maximum atomic E-state index is 6.06. The Morgan fingerprint density at radius 3 is 2.43 bits per heavy atom. The molecule has 0 bridgehead atoms. The number of hydrogen-bond donors (Lipinski definition) is 0. The van der Waals surface area contributed by atoms with Crippen LogP contribution in [0.5, 0.6) is 5.88 Å². The van der Waals surface area contributed by atoms with E-state index in [-0.39, 0.29) is 5.41 Å². The summed E-state index contributed by atoms with van der Waals surface area (Å²) in [6.45, 7) is 8.86. The fourth-order valence-electron chi connectivity index (χ4n) is 1.21. The van der Waals surface area contributed by atoms with Gasteiger partial charge in [0.1, 0.15) is 5.15 Å². The van der Waals surface area contributed by atoms with Crippen molar-refractivity contribution >= 4 is 11.6 Å². The quantitative estimate of drug-likeness (QED) is 0.703. The summed E-state index contributed by atoms with van der Waals surface area (Å²) in [6.07, 6.45) is 0. The van der Waals surface area contributed by atoms with Crippen LogP contribution in [0.4, 0.5) is 0 Å². The first kappa shape index (κ1) is 11.3. The van der Waals surface area contributed by atoms with Crippen molar-refractivity contribution in [3.63, 3.8) is 0 Å². The van der Waals surface area contributed by atoms with Crippen LogP contribution in [0.1, 0.15) is 33.3 Å². The lowest BCUT2D eigenvalue weighted by atomic mass is 9.88. The minimum absolute atomic E-state index is 0.0226. The molecule has 3 heteroatoms. The van der Waals surface area contributed by atoms with Gasteiger partial charge in [0.25, 0.3) is 0 Å². The van der Waals surface area contributed by atoms with Crippen molar-refractivity contribution < 1.29 is 4.74 Å². The van der Waals surface area contributed by atoms with Gasteiger partial charge < -0.3 is 4.74 Å². The molecule has 0 unspecified atom stereocenters. The lowest BCUT2D eigenvalue weighted by Crippen LogP contribution is -2.12. The van der Waals surface area contributed by atoms with Gasteiger partial charge in [-0.15, -0.1) is 0 Å². The molecule has 0 aliphatic heterocycles. The lowest BCUT2D eigenvalue weighted by Gasteiger charge is -2.20. The molecule has 0 aromatic carbocycles. The second-order valence-electron chi connectivity index (χ2n) is 4.17. The number of pyridine rings is 1. The van der Waals surface area contributed by atoms with Crippen molar-refractivity contribution in [3.05, 3.63) is 22.8 Å². The van der Waals surface area contributed by atoms with Gasteiger partial charge in [-0.05, 0) is 17.9 Å². The van der Waals surface area contributed by atoms with E-state index in [0.29, 0.717) is 17.6 Å². The van der Waals surface area contributed by atoms with Gasteiger partial charge in [-0.3, -0.25) is 0 Å². The third kappa shape index (κ3) is 2.61. The highest BCUT2D eigenvalue weighted by molar-refractivity contribution is 6.30. The van der Waals surface area contributed by atoms with Crippen LogP contribution in [-0.4, -0.2) is 11.6 Å². The van der Waals surface area contributed by atoms with Crippen LogP contribution in [0.2, 0.25) is 5.15 Å². The van der Waals surface area contributed by atoms with E-state index in [4.69, 9.17) is 16.3 Å². The first-order valence-electron chi connectivity index (χ1n) is 4.75. The molecular weight excluding hydrogens is 198 g/mol. The third-order valence-electron chi connectivity index (χ3n) is 1.92. The van der Waals surface area contributed by atoms with Crippen molar-refractivity contribution in [2.75, 3.05) is 6.61 Å². The fraction of sp³-hybridized carbons (Fsp3) is 0.545. The molecule has 0 saturated heterocycles. The van der Waals surface area contributed by atoms with Crippen LogP contribution in [0, 0.1) is 0 Å². The van der Waals surface area contributed by atoms with E-state index in [1.54, 1.807) is 0 Å². The Kier molecular flexibility index (Phi) is 3.38. The number of hydrogen-bond acceptors (Lipinski definition) is 2. The molecule has 0 aliphatic carbocycles. The van der Waals surface area contributed by atoms with Crippen LogP contribution in [0.25, 0.3) is 0 Å². The summed E-state index contributed by atoms with van der Waals surface area (Å²) in [7, 11) is 0. The minimum Gasteiger partial charge on any atom is -0.478 e. The van der Waals surface area contributed by atoms with E-state index in [1.165, 1.54) is 0 Å². The molecule has 0 radical (unpaired) electrons. The molecule has 0 fully saturated rings. The summed E-state index contributed by atoms with van der Waals surface area (Å²) in [5.41, 5.74) is 1.07. The highest BCUT2D eigenvalue weighted by Gasteiger charge is 2.18. The van der Waals surface area contributed by atoms with Crippen molar-refractivity contribution in [1.29, 1.82) is 0 Å². The van der Waals surface area contributed by atoms with Gasteiger partial charge in [0.05, 0.1) is 6.61 Å². The summed E-state index contributed by atoms with van der Waals surface area (Å²) in [5.74, 6) is 0.588. The Hall–Kier alpha value is -0.760. The molecule has 0 atom stereocenters. The predicted octanol–water partition coefficient (Wildman–Crippen LogP) is 3.43. The average Bonchev–Trinajstić information content (AvgIpc) is 2.02. The highest BCUT2D eigenvalue weighted by Crippen LogP contribution is 2.29. The maximum absolute atomic E-state index is 6.06. The number of halogens is 1. The first-order chi connectivity index (χ1) is 6.45. The molecule has 1 aromatic heterocycles. The Morgan fingerprint density at radius 2 is 2.00 bits per heavy atom. The number of aromatic nitrogens is 1. The molecule has 0 saturated carbocycles. The van der Waals surface area contributed by atoms with Gasteiger partial charge >= 0.3 is 0 Å². The normalized spacial score (nSPS) is 11.5. The Bertz CT molecular complexity index is 318. The zero-order valence-electron chi connectivity index (χ0n) is 9.10. The molecule has 0 spiro atoms. The number of rotatable bonds is 2. The van der Waals surface area contributed by atoms with Crippen LogP contribution in [0.3, 0.4) is 0 Å². The largest absolute Gasteiger partial charge is 0.478 e. The highest BCUT2D eigenvalue weighted by atomic mass is 35.5. The van der Waals surface area contributed by atoms with Crippen LogP contribution in [0.15, 0.2) is 12.1 Å². The molecule has 0 N–H and O–H groups in total. The predicted molar refractivity (Wildman–Crippen MR) is 59.1 cm³/mol. The van der Waals surface area contributed by atoms with Gasteiger partial charge in [-0.1, -0.05) is 38.4 Å². The van der Waals surface area contributed by atoms with E-state index < -0.39 is 0 Å². The molecule has 0 amide bonds. The number of ether oxygens (including phenoxy) is 1. The van der Waals surface area contributed by atoms with E-state index in [1.807, 2.05) is 19.1 Å². The molecule has 78 valence electrons. The molecule has 0 aliphatic rings. The molecular formula is C11H16ClNO. The summed E-state index contributed by atoms with van der Waals surface area (Å²) in [6, 6.07) is 3.83. The summed E-state index contributed by atoms with van der Waals surface area (Å²) < 4.78 is 5.26. The summed E-state index contributed by atoms with van der Waals surface area (Å²) >= 11 is 6.06. The maximum Gasteiger partial charge on any atom is 0.214 e. The zero-order valence-corrected chi connectivity index (χ0v) is 9.85. The lowest BCUT2D eigenvalue weighted by molar-refractivity contribution is 0.326. The van der Waals surface area contributed by atoms with E-state index in [0.717, 1.165) is 5.56 Å². The zero-order chi connectivity index (χ0) is 10.8. The monoisotopic (exact) mass is 213 g/mol. The standard InChI is InChI=1S/C11H16ClNO/c1-5-14-9-7-6-8(10(12)13-9)11(2,3)4/h6-7H,5H2,1-4H3. The molecule has 1 heterocycles. The summed E-state index contributed by atoms with van der Waals surface area (Å²) in [4.78, 5) is 4.17. The molecule has 2 nitrogen and oxygen atoms in total. The van der Waals surface area contributed by atoms with Gasteiger partial charge in [0, 0.05) is 6.07 Å². The van der Waals surface area contributed by atoms with E-state index in [2.05, 4.69) is 25.8 Å². The van der Waals surface area contributed by atoms with Gasteiger partial charge in [-0.2, -0.15) is 0 Å². The van der Waals surface area contributed by atoms with Crippen LogP contribution >= 0.6 is 11.6 Å². The van der Waals surface area contributed by atoms with Crippen LogP contribution < -0.4 is 4.74 Å². The Balaban J connectivity index is 3.02. The molecule has 14 heavy (non-hydrogen) atoms. The van der Waals surface area contributed by atoms with Gasteiger partial charge in [0.15, 0.2) is 0 Å². The fourth-order valence-corrected chi connectivity index (χ4v) is 1.64.